The highest BCUT2D eigenvalue weighted by Crippen LogP contribution is 2.22. The molecule has 0 radical (unpaired) electrons. The Balaban J connectivity index is 2.82. The van der Waals surface area contributed by atoms with Gasteiger partial charge in [-0.2, -0.15) is 0 Å². The molecule has 0 bridgehead atoms. The van der Waals surface area contributed by atoms with Crippen LogP contribution in [0.15, 0.2) is 0 Å². The van der Waals surface area contributed by atoms with Gasteiger partial charge in [0, 0.05) is 6.54 Å². The van der Waals surface area contributed by atoms with Crippen molar-refractivity contribution in [1.82, 2.24) is 10.2 Å². The lowest BCUT2D eigenvalue weighted by molar-refractivity contribution is -0.146. The van der Waals surface area contributed by atoms with Crippen molar-refractivity contribution < 1.29 is 19.5 Å². The van der Waals surface area contributed by atoms with Gasteiger partial charge in [0.1, 0.15) is 12.1 Å². The van der Waals surface area contributed by atoms with Crippen LogP contribution in [0.25, 0.3) is 0 Å². The van der Waals surface area contributed by atoms with Gasteiger partial charge in [0.15, 0.2) is 0 Å². The fourth-order valence-electron chi connectivity index (χ4n) is 2.45. The Hall–Kier alpha value is -1.63. The van der Waals surface area contributed by atoms with Crippen molar-refractivity contribution in [3.05, 3.63) is 0 Å². The van der Waals surface area contributed by atoms with Crippen molar-refractivity contribution in [2.45, 2.75) is 58.7 Å². The first-order chi connectivity index (χ1) is 9.55. The van der Waals surface area contributed by atoms with Gasteiger partial charge in [-0.15, -0.1) is 0 Å². The summed E-state index contributed by atoms with van der Waals surface area (Å²) in [5.74, 6) is -1.79. The number of nitrogens with zero attached hydrogens (tertiary/aromatic N) is 1. The number of nitrogens with two attached hydrogens (primary N) is 1. The van der Waals surface area contributed by atoms with E-state index in [0.717, 1.165) is 0 Å². The highest BCUT2D eigenvalue weighted by molar-refractivity contribution is 5.92. The third kappa shape index (κ3) is 4.17. The van der Waals surface area contributed by atoms with Crippen LogP contribution >= 0.6 is 0 Å². The number of carbonyl (C=O) groups excluding carboxylic acids is 2. The molecule has 0 aromatic carbocycles. The number of amides is 2. The Morgan fingerprint density at radius 3 is 2.33 bits per heavy atom. The van der Waals surface area contributed by atoms with Gasteiger partial charge in [-0.3, -0.25) is 9.59 Å². The lowest BCUT2D eigenvalue weighted by Crippen LogP contribution is -2.56. The van der Waals surface area contributed by atoms with Crippen LogP contribution < -0.4 is 11.1 Å². The van der Waals surface area contributed by atoms with Crippen molar-refractivity contribution in [2.24, 2.45) is 11.1 Å². The number of hydrogen-bond acceptors (Lipinski definition) is 4. The maximum absolute atomic E-state index is 12.3. The Bertz CT molecular complexity index is 428. The fourth-order valence-corrected chi connectivity index (χ4v) is 2.45. The van der Waals surface area contributed by atoms with Gasteiger partial charge in [0.05, 0.1) is 6.04 Å². The Morgan fingerprint density at radius 2 is 1.90 bits per heavy atom. The van der Waals surface area contributed by atoms with Crippen LogP contribution in [-0.4, -0.2) is 52.5 Å². The minimum Gasteiger partial charge on any atom is -0.480 e. The molecule has 1 heterocycles. The zero-order chi connectivity index (χ0) is 16.4. The molecule has 0 aliphatic carbocycles. The van der Waals surface area contributed by atoms with Gasteiger partial charge < -0.3 is 21.1 Å². The molecule has 7 nitrogen and oxygen atoms in total. The van der Waals surface area contributed by atoms with Crippen molar-refractivity contribution in [2.75, 3.05) is 6.54 Å². The molecule has 0 aromatic heterocycles. The van der Waals surface area contributed by atoms with Crippen molar-refractivity contribution in [1.29, 1.82) is 0 Å². The summed E-state index contributed by atoms with van der Waals surface area (Å²) in [7, 11) is 0. The van der Waals surface area contributed by atoms with Gasteiger partial charge in [-0.25, -0.2) is 4.79 Å². The average Bonchev–Trinajstić information content (AvgIpc) is 2.81. The molecular weight excluding hydrogens is 274 g/mol. The average molecular weight is 299 g/mol. The molecular formula is C14H25N3O4. The SMILES string of the molecule is C[C@@H](N)C(=O)N1CCC[C@H]1C(=O)N[C@H](C(=O)O)C(C)(C)C. The zero-order valence-electron chi connectivity index (χ0n) is 13.0. The van der Waals surface area contributed by atoms with Crippen LogP contribution in [0.4, 0.5) is 0 Å². The van der Waals surface area contributed by atoms with E-state index in [1.807, 2.05) is 0 Å². The van der Waals surface area contributed by atoms with Crippen molar-refractivity contribution in [3.63, 3.8) is 0 Å². The predicted octanol–water partition coefficient (Wildman–Crippen LogP) is -0.0599. The monoisotopic (exact) mass is 299 g/mol. The molecule has 1 saturated heterocycles. The molecule has 21 heavy (non-hydrogen) atoms. The Kier molecular flexibility index (Phi) is 5.33. The number of carboxylic acids is 1. The Labute approximate surface area is 124 Å². The summed E-state index contributed by atoms with van der Waals surface area (Å²) in [4.78, 5) is 37.1. The quantitative estimate of drug-likeness (QED) is 0.673. The van der Waals surface area contributed by atoms with E-state index in [1.54, 1.807) is 27.7 Å². The van der Waals surface area contributed by atoms with Gasteiger partial charge in [0.25, 0.3) is 0 Å². The maximum atomic E-state index is 12.3. The van der Waals surface area contributed by atoms with E-state index in [9.17, 15) is 19.5 Å². The summed E-state index contributed by atoms with van der Waals surface area (Å²) in [5.41, 5.74) is 4.96. The van der Waals surface area contributed by atoms with Crippen LogP contribution in [0.1, 0.15) is 40.5 Å². The van der Waals surface area contributed by atoms with E-state index < -0.39 is 35.4 Å². The number of rotatable bonds is 4. The number of nitrogens with one attached hydrogen (secondary N) is 1. The largest absolute Gasteiger partial charge is 0.480 e. The molecule has 0 unspecified atom stereocenters. The molecule has 4 N–H and O–H groups in total. The van der Waals surface area contributed by atoms with Crippen LogP contribution in [0.3, 0.4) is 0 Å². The minimum atomic E-state index is -1.08. The lowest BCUT2D eigenvalue weighted by atomic mass is 9.86. The van der Waals surface area contributed by atoms with E-state index >= 15 is 0 Å². The van der Waals surface area contributed by atoms with E-state index in [4.69, 9.17) is 5.73 Å². The summed E-state index contributed by atoms with van der Waals surface area (Å²) in [6, 6.07) is -2.30. The highest BCUT2D eigenvalue weighted by atomic mass is 16.4. The third-order valence-electron chi connectivity index (χ3n) is 3.63. The van der Waals surface area contributed by atoms with E-state index in [0.29, 0.717) is 19.4 Å². The predicted molar refractivity (Wildman–Crippen MR) is 77.4 cm³/mol. The Morgan fingerprint density at radius 1 is 1.33 bits per heavy atom. The standard InChI is InChI=1S/C14H25N3O4/c1-8(15)12(19)17-7-5-6-9(17)11(18)16-10(13(20)21)14(2,3)4/h8-10H,5-7,15H2,1-4H3,(H,16,18)(H,20,21)/t8-,9+,10-/m1/s1. The van der Waals surface area contributed by atoms with E-state index in [1.165, 1.54) is 4.90 Å². The zero-order valence-corrected chi connectivity index (χ0v) is 13.0. The number of hydrogen-bond donors (Lipinski definition) is 3. The molecule has 1 rings (SSSR count). The maximum Gasteiger partial charge on any atom is 0.326 e. The molecule has 120 valence electrons. The van der Waals surface area contributed by atoms with E-state index in [2.05, 4.69) is 5.32 Å². The second-order valence-electron chi connectivity index (χ2n) is 6.62. The summed E-state index contributed by atoms with van der Waals surface area (Å²) in [5, 5.41) is 11.8. The first-order valence-corrected chi connectivity index (χ1v) is 7.15. The van der Waals surface area contributed by atoms with Crippen LogP contribution in [0.2, 0.25) is 0 Å². The third-order valence-corrected chi connectivity index (χ3v) is 3.63. The first-order valence-electron chi connectivity index (χ1n) is 7.15. The molecule has 0 spiro atoms. The van der Waals surface area contributed by atoms with Gasteiger partial charge in [0.2, 0.25) is 11.8 Å². The topological polar surface area (TPSA) is 113 Å². The molecule has 1 fully saturated rings. The lowest BCUT2D eigenvalue weighted by Gasteiger charge is -2.31. The second kappa shape index (κ2) is 6.43. The van der Waals surface area contributed by atoms with Crippen LogP contribution in [0, 0.1) is 5.41 Å². The van der Waals surface area contributed by atoms with Crippen molar-refractivity contribution >= 4 is 17.8 Å². The number of carbonyl (C=O) groups is 3. The summed E-state index contributed by atoms with van der Waals surface area (Å²) >= 11 is 0. The van der Waals surface area contributed by atoms with E-state index in [-0.39, 0.29) is 5.91 Å². The molecule has 0 saturated carbocycles. The second-order valence-corrected chi connectivity index (χ2v) is 6.62. The smallest absolute Gasteiger partial charge is 0.326 e. The number of carboxylic acid groups (broad SMARTS) is 1. The summed E-state index contributed by atoms with van der Waals surface area (Å²) in [6.07, 6.45) is 1.24. The summed E-state index contributed by atoms with van der Waals surface area (Å²) in [6.45, 7) is 7.28. The number of aliphatic carboxylic acids is 1. The highest BCUT2D eigenvalue weighted by Gasteiger charge is 2.39. The van der Waals surface area contributed by atoms with Gasteiger partial charge >= 0.3 is 5.97 Å². The molecule has 0 aromatic rings. The van der Waals surface area contributed by atoms with Gasteiger partial charge in [-0.05, 0) is 25.2 Å². The molecule has 1 aliphatic heterocycles. The first kappa shape index (κ1) is 17.4. The fraction of sp³-hybridized carbons (Fsp3) is 0.786. The number of likely N-dealkylation sites (tertiary alicyclic amines) is 1. The molecule has 1 aliphatic rings. The van der Waals surface area contributed by atoms with Crippen LogP contribution in [-0.2, 0) is 14.4 Å². The minimum absolute atomic E-state index is 0.282. The van der Waals surface area contributed by atoms with Gasteiger partial charge in [-0.1, -0.05) is 20.8 Å². The molecule has 7 heteroatoms. The molecule has 3 atom stereocenters. The molecule has 2 amide bonds. The van der Waals surface area contributed by atoms with Crippen LogP contribution in [0.5, 0.6) is 0 Å². The normalized spacial score (nSPS) is 21.8. The summed E-state index contributed by atoms with van der Waals surface area (Å²) < 4.78 is 0. The van der Waals surface area contributed by atoms with Crippen molar-refractivity contribution in [3.8, 4) is 0 Å².